The Morgan fingerprint density at radius 3 is 2.50 bits per heavy atom. The van der Waals surface area contributed by atoms with Crippen molar-refractivity contribution < 1.29 is 4.79 Å². The van der Waals surface area contributed by atoms with Crippen molar-refractivity contribution in [2.24, 2.45) is 0 Å². The van der Waals surface area contributed by atoms with Gasteiger partial charge < -0.3 is 16.0 Å². The first-order chi connectivity index (χ1) is 9.75. The Morgan fingerprint density at radius 2 is 1.82 bits per heavy atom. The normalized spacial score (nSPS) is 14.5. The second-order valence-electron chi connectivity index (χ2n) is 5.45. The minimum atomic E-state index is 0. The van der Waals surface area contributed by atoms with E-state index in [1.54, 1.807) is 0 Å². The van der Waals surface area contributed by atoms with Gasteiger partial charge in [-0.1, -0.05) is 24.6 Å². The van der Waals surface area contributed by atoms with Crippen LogP contribution in [0.2, 0.25) is 0 Å². The van der Waals surface area contributed by atoms with E-state index in [4.69, 9.17) is 5.73 Å². The molecule has 1 amide bonds. The molecule has 2 rings (SSSR count). The largest absolute Gasteiger partial charge is 0.399 e. The molecule has 22 heavy (non-hydrogen) atoms. The van der Waals surface area contributed by atoms with Crippen LogP contribution in [0.5, 0.6) is 0 Å². The maximum Gasteiger partial charge on any atom is 0.220 e. The summed E-state index contributed by atoms with van der Waals surface area (Å²) < 4.78 is 0. The number of hydrogen-bond donors (Lipinski definition) is 2. The molecule has 0 radical (unpaired) electrons. The summed E-state index contributed by atoms with van der Waals surface area (Å²) in [6.07, 6.45) is 5.15. The van der Waals surface area contributed by atoms with Gasteiger partial charge in [0.1, 0.15) is 0 Å². The molecule has 1 heterocycles. The first-order valence-corrected chi connectivity index (χ1v) is 7.58. The van der Waals surface area contributed by atoms with E-state index in [9.17, 15) is 4.79 Å². The highest BCUT2D eigenvalue weighted by Crippen LogP contribution is 2.12. The molecular weight excluding hydrogens is 321 g/mol. The van der Waals surface area contributed by atoms with E-state index in [-0.39, 0.29) is 30.7 Å². The lowest BCUT2D eigenvalue weighted by molar-refractivity contribution is -0.121. The fourth-order valence-electron chi connectivity index (χ4n) is 2.63. The number of para-hydroxylation sites is 1. The van der Waals surface area contributed by atoms with Gasteiger partial charge in [0.2, 0.25) is 5.91 Å². The first kappa shape index (κ1) is 21.0. The highest BCUT2D eigenvalue weighted by molar-refractivity contribution is 5.85. The van der Waals surface area contributed by atoms with E-state index < -0.39 is 0 Å². The minimum absolute atomic E-state index is 0. The number of benzene rings is 1. The fraction of sp³-hybridized carbons (Fsp3) is 0.562. The summed E-state index contributed by atoms with van der Waals surface area (Å²) in [6.45, 7) is 4.08. The molecule has 126 valence electrons. The monoisotopic (exact) mass is 347 g/mol. The maximum atomic E-state index is 11.8. The van der Waals surface area contributed by atoms with Gasteiger partial charge in [-0.2, -0.15) is 0 Å². The number of nitrogens with zero attached hydrogens (tertiary/aromatic N) is 1. The van der Waals surface area contributed by atoms with Crippen LogP contribution in [0.25, 0.3) is 0 Å². The van der Waals surface area contributed by atoms with Crippen LogP contribution in [0.15, 0.2) is 24.3 Å². The number of carbonyl (C=O) groups is 1. The predicted molar refractivity (Wildman–Crippen MR) is 97.0 cm³/mol. The van der Waals surface area contributed by atoms with Gasteiger partial charge in [0.25, 0.3) is 0 Å². The number of amides is 1. The highest BCUT2D eigenvalue weighted by atomic mass is 35.5. The Bertz CT molecular complexity index is 437. The number of rotatable bonds is 6. The van der Waals surface area contributed by atoms with Gasteiger partial charge in [-0.05, 0) is 44.0 Å². The van der Waals surface area contributed by atoms with Crippen LogP contribution in [0.4, 0.5) is 5.69 Å². The van der Waals surface area contributed by atoms with Crippen LogP contribution in [0, 0.1) is 0 Å². The van der Waals surface area contributed by atoms with Gasteiger partial charge in [-0.3, -0.25) is 4.79 Å². The maximum absolute atomic E-state index is 11.8. The molecule has 3 N–H and O–H groups in total. The molecule has 1 aromatic rings. The summed E-state index contributed by atoms with van der Waals surface area (Å²) in [5.74, 6) is 0.116. The standard InChI is InChI=1S/C16H25N3O.2ClH/c17-15-7-3-2-6-14(15)8-9-16(20)18-10-13-19-11-4-1-5-12-19;;/h2-3,6-7H,1,4-5,8-13,17H2,(H,18,20);2*1H. The van der Waals surface area contributed by atoms with Gasteiger partial charge in [0.15, 0.2) is 0 Å². The Labute approximate surface area is 145 Å². The van der Waals surface area contributed by atoms with Crippen LogP contribution in [0.1, 0.15) is 31.2 Å². The van der Waals surface area contributed by atoms with Crippen molar-refractivity contribution in [2.45, 2.75) is 32.1 Å². The molecule has 1 aliphatic heterocycles. The lowest BCUT2D eigenvalue weighted by Gasteiger charge is -2.26. The Balaban J connectivity index is 0.00000220. The molecule has 1 saturated heterocycles. The molecule has 0 unspecified atom stereocenters. The van der Waals surface area contributed by atoms with Crippen molar-refractivity contribution in [1.29, 1.82) is 0 Å². The van der Waals surface area contributed by atoms with E-state index in [0.29, 0.717) is 12.8 Å². The number of carbonyl (C=O) groups excluding carboxylic acids is 1. The third-order valence-corrected chi connectivity index (χ3v) is 3.88. The lowest BCUT2D eigenvalue weighted by Crippen LogP contribution is -2.37. The SMILES string of the molecule is Cl.Cl.Nc1ccccc1CCC(=O)NCCN1CCCCC1. The van der Waals surface area contributed by atoms with E-state index >= 15 is 0 Å². The molecule has 4 nitrogen and oxygen atoms in total. The summed E-state index contributed by atoms with van der Waals surface area (Å²) in [4.78, 5) is 14.2. The second-order valence-corrected chi connectivity index (χ2v) is 5.45. The quantitative estimate of drug-likeness (QED) is 0.777. The third kappa shape index (κ3) is 7.34. The third-order valence-electron chi connectivity index (χ3n) is 3.88. The van der Waals surface area contributed by atoms with Crippen molar-refractivity contribution in [2.75, 3.05) is 31.9 Å². The van der Waals surface area contributed by atoms with Crippen LogP contribution >= 0.6 is 24.8 Å². The molecule has 1 aromatic carbocycles. The molecule has 1 fully saturated rings. The Kier molecular flexibility index (Phi) is 11.1. The zero-order valence-electron chi connectivity index (χ0n) is 12.9. The van der Waals surface area contributed by atoms with Crippen molar-refractivity contribution in [1.82, 2.24) is 10.2 Å². The number of hydrogen-bond acceptors (Lipinski definition) is 3. The van der Waals surface area contributed by atoms with E-state index in [1.807, 2.05) is 24.3 Å². The molecule has 1 aliphatic rings. The summed E-state index contributed by atoms with van der Waals surface area (Å²) in [5.41, 5.74) is 7.69. The number of nitrogens with one attached hydrogen (secondary N) is 1. The van der Waals surface area contributed by atoms with Crippen molar-refractivity contribution >= 4 is 36.4 Å². The van der Waals surface area contributed by atoms with Crippen LogP contribution in [-0.2, 0) is 11.2 Å². The molecule has 0 saturated carbocycles. The second kappa shape index (κ2) is 11.6. The zero-order valence-corrected chi connectivity index (χ0v) is 14.6. The zero-order chi connectivity index (χ0) is 14.2. The van der Waals surface area contributed by atoms with Crippen molar-refractivity contribution in [3.63, 3.8) is 0 Å². The number of aryl methyl sites for hydroxylation is 1. The Morgan fingerprint density at radius 1 is 1.14 bits per heavy atom. The molecule has 0 aliphatic carbocycles. The van der Waals surface area contributed by atoms with Crippen LogP contribution < -0.4 is 11.1 Å². The lowest BCUT2D eigenvalue weighted by atomic mass is 10.1. The number of nitrogens with two attached hydrogens (primary N) is 1. The van der Waals surface area contributed by atoms with Gasteiger partial charge >= 0.3 is 0 Å². The molecule has 0 spiro atoms. The van der Waals surface area contributed by atoms with Gasteiger partial charge in [0, 0.05) is 25.2 Å². The van der Waals surface area contributed by atoms with Crippen LogP contribution in [-0.4, -0.2) is 37.0 Å². The summed E-state index contributed by atoms with van der Waals surface area (Å²) in [5, 5.41) is 3.00. The predicted octanol–water partition coefficient (Wildman–Crippen LogP) is 2.65. The first-order valence-electron chi connectivity index (χ1n) is 7.58. The summed E-state index contributed by atoms with van der Waals surface area (Å²) >= 11 is 0. The van der Waals surface area contributed by atoms with Crippen molar-refractivity contribution in [3.8, 4) is 0 Å². The molecule has 0 bridgehead atoms. The molecule has 0 atom stereocenters. The minimum Gasteiger partial charge on any atom is -0.399 e. The molecular formula is C16H27Cl2N3O. The van der Waals surface area contributed by atoms with Gasteiger partial charge in [-0.15, -0.1) is 24.8 Å². The Hall–Kier alpha value is -0.970. The van der Waals surface area contributed by atoms with E-state index in [2.05, 4.69) is 10.2 Å². The fourth-order valence-corrected chi connectivity index (χ4v) is 2.63. The average Bonchev–Trinajstić information content (AvgIpc) is 2.47. The number of anilines is 1. The molecule has 0 aromatic heterocycles. The number of halogens is 2. The number of nitrogen functional groups attached to an aromatic ring is 1. The number of likely N-dealkylation sites (tertiary alicyclic amines) is 1. The number of piperidine rings is 1. The smallest absolute Gasteiger partial charge is 0.220 e. The van der Waals surface area contributed by atoms with Gasteiger partial charge in [-0.25, -0.2) is 0 Å². The summed E-state index contributed by atoms with van der Waals surface area (Å²) in [6, 6.07) is 7.73. The van der Waals surface area contributed by atoms with E-state index in [1.165, 1.54) is 32.4 Å². The topological polar surface area (TPSA) is 58.4 Å². The molecule has 6 heteroatoms. The van der Waals surface area contributed by atoms with Crippen LogP contribution in [0.3, 0.4) is 0 Å². The highest BCUT2D eigenvalue weighted by Gasteiger charge is 2.10. The summed E-state index contributed by atoms with van der Waals surface area (Å²) in [7, 11) is 0. The average molecular weight is 348 g/mol. The van der Waals surface area contributed by atoms with Crippen molar-refractivity contribution in [3.05, 3.63) is 29.8 Å². The van der Waals surface area contributed by atoms with E-state index in [0.717, 1.165) is 24.3 Å². The van der Waals surface area contributed by atoms with Gasteiger partial charge in [0.05, 0.1) is 0 Å².